The fourth-order valence-electron chi connectivity index (χ4n) is 2.08. The van der Waals surface area contributed by atoms with Crippen LogP contribution >= 0.6 is 22.9 Å². The summed E-state index contributed by atoms with van der Waals surface area (Å²) in [5.41, 5.74) is 1.99. The lowest BCUT2D eigenvalue weighted by atomic mass is 10.2. The molecule has 0 aliphatic heterocycles. The van der Waals surface area contributed by atoms with Crippen molar-refractivity contribution < 1.29 is 9.18 Å². The van der Waals surface area contributed by atoms with Crippen molar-refractivity contribution in [2.75, 3.05) is 5.32 Å². The minimum Gasteiger partial charge on any atom is -0.326 e. The van der Waals surface area contributed by atoms with E-state index in [2.05, 4.69) is 10.3 Å². The fraction of sp³-hybridized carbons (Fsp3) is 0.0588. The first-order valence-electron chi connectivity index (χ1n) is 6.86. The third-order valence-electron chi connectivity index (χ3n) is 3.07. The summed E-state index contributed by atoms with van der Waals surface area (Å²) in [6.07, 6.45) is 0.151. The maximum Gasteiger partial charge on any atom is 0.230 e. The molecule has 3 aromatic rings. The minimum absolute atomic E-state index is 0.151. The highest BCUT2D eigenvalue weighted by atomic mass is 35.5. The zero-order chi connectivity index (χ0) is 16.2. The Morgan fingerprint density at radius 1 is 1.22 bits per heavy atom. The maximum absolute atomic E-state index is 13.2. The normalized spacial score (nSPS) is 10.5. The van der Waals surface area contributed by atoms with Crippen LogP contribution in [0.25, 0.3) is 10.6 Å². The first-order valence-corrected chi connectivity index (χ1v) is 8.12. The van der Waals surface area contributed by atoms with Crippen LogP contribution in [0, 0.1) is 5.82 Å². The quantitative estimate of drug-likeness (QED) is 0.738. The summed E-state index contributed by atoms with van der Waals surface area (Å²) in [7, 11) is 0. The topological polar surface area (TPSA) is 42.0 Å². The van der Waals surface area contributed by atoms with E-state index in [-0.39, 0.29) is 18.1 Å². The lowest BCUT2D eigenvalue weighted by Gasteiger charge is -2.04. The van der Waals surface area contributed by atoms with Gasteiger partial charge >= 0.3 is 0 Å². The molecule has 0 spiro atoms. The Labute approximate surface area is 141 Å². The summed E-state index contributed by atoms with van der Waals surface area (Å²) in [5.74, 6) is -0.485. The van der Waals surface area contributed by atoms with Crippen molar-refractivity contribution in [3.05, 3.63) is 70.4 Å². The Balaban J connectivity index is 1.68. The number of halogens is 2. The molecule has 6 heteroatoms. The third kappa shape index (κ3) is 4.15. The highest BCUT2D eigenvalue weighted by Gasteiger charge is 2.10. The molecule has 0 unspecified atom stereocenters. The molecule has 116 valence electrons. The predicted octanol–water partition coefficient (Wildman–Crippen LogP) is 4.78. The van der Waals surface area contributed by atoms with E-state index in [1.165, 1.54) is 23.5 Å². The molecule has 23 heavy (non-hydrogen) atoms. The van der Waals surface area contributed by atoms with Crippen molar-refractivity contribution in [2.24, 2.45) is 0 Å². The molecule has 0 radical (unpaired) electrons. The maximum atomic E-state index is 13.2. The molecule has 0 saturated heterocycles. The molecular weight excluding hydrogens is 335 g/mol. The monoisotopic (exact) mass is 346 g/mol. The lowest BCUT2D eigenvalue weighted by molar-refractivity contribution is -0.115. The fourth-order valence-corrected chi connectivity index (χ4v) is 3.09. The Morgan fingerprint density at radius 3 is 2.83 bits per heavy atom. The number of aromatic nitrogens is 1. The van der Waals surface area contributed by atoms with Crippen LogP contribution in [-0.2, 0) is 11.2 Å². The molecule has 1 amide bonds. The summed E-state index contributed by atoms with van der Waals surface area (Å²) in [6, 6.07) is 13.2. The molecule has 0 aliphatic carbocycles. The van der Waals surface area contributed by atoms with Crippen molar-refractivity contribution in [1.29, 1.82) is 0 Å². The minimum atomic E-state index is -0.307. The number of hydrogen-bond acceptors (Lipinski definition) is 3. The summed E-state index contributed by atoms with van der Waals surface area (Å²) in [5, 5.41) is 5.82. The van der Waals surface area contributed by atoms with E-state index in [0.29, 0.717) is 27.0 Å². The van der Waals surface area contributed by atoms with Gasteiger partial charge in [-0.25, -0.2) is 9.37 Å². The van der Waals surface area contributed by atoms with Crippen LogP contribution in [-0.4, -0.2) is 10.9 Å². The Hall–Kier alpha value is -2.24. The van der Waals surface area contributed by atoms with E-state index in [9.17, 15) is 9.18 Å². The second-order valence-corrected chi connectivity index (χ2v) is 6.18. The van der Waals surface area contributed by atoms with Crippen LogP contribution in [0.4, 0.5) is 10.1 Å². The van der Waals surface area contributed by atoms with Crippen molar-refractivity contribution in [3.63, 3.8) is 0 Å². The number of anilines is 1. The molecule has 0 saturated carbocycles. The predicted molar refractivity (Wildman–Crippen MR) is 91.3 cm³/mol. The second-order valence-electron chi connectivity index (χ2n) is 4.89. The van der Waals surface area contributed by atoms with Gasteiger partial charge in [0, 0.05) is 21.7 Å². The molecule has 0 atom stereocenters. The Kier molecular flexibility index (Phi) is 4.69. The molecule has 1 aromatic heterocycles. The summed E-state index contributed by atoms with van der Waals surface area (Å²) < 4.78 is 13.2. The van der Waals surface area contributed by atoms with Gasteiger partial charge in [0.1, 0.15) is 10.8 Å². The van der Waals surface area contributed by atoms with Gasteiger partial charge in [-0.3, -0.25) is 4.79 Å². The third-order valence-corrected chi connectivity index (χ3v) is 4.25. The Bertz CT molecular complexity index is 850. The van der Waals surface area contributed by atoms with Crippen LogP contribution in [0.15, 0.2) is 53.9 Å². The van der Waals surface area contributed by atoms with Gasteiger partial charge in [0.2, 0.25) is 5.91 Å². The van der Waals surface area contributed by atoms with E-state index in [1.807, 2.05) is 0 Å². The smallest absolute Gasteiger partial charge is 0.230 e. The van der Waals surface area contributed by atoms with Crippen molar-refractivity contribution in [1.82, 2.24) is 4.98 Å². The number of thiazole rings is 1. The van der Waals surface area contributed by atoms with E-state index in [1.54, 1.807) is 41.8 Å². The zero-order valence-electron chi connectivity index (χ0n) is 11.9. The number of nitrogens with one attached hydrogen (secondary N) is 1. The van der Waals surface area contributed by atoms with Gasteiger partial charge < -0.3 is 5.32 Å². The van der Waals surface area contributed by atoms with Gasteiger partial charge in [-0.05, 0) is 30.3 Å². The SMILES string of the molecule is O=C(Cc1csc(-c2cccc(F)c2)n1)Nc1cccc(Cl)c1. The van der Waals surface area contributed by atoms with Crippen LogP contribution in [0.5, 0.6) is 0 Å². The van der Waals surface area contributed by atoms with Gasteiger partial charge in [0.15, 0.2) is 0 Å². The van der Waals surface area contributed by atoms with Crippen LogP contribution < -0.4 is 5.32 Å². The highest BCUT2D eigenvalue weighted by molar-refractivity contribution is 7.13. The number of benzene rings is 2. The molecule has 0 fully saturated rings. The molecule has 1 heterocycles. The largest absolute Gasteiger partial charge is 0.326 e. The van der Waals surface area contributed by atoms with Gasteiger partial charge in [-0.1, -0.05) is 29.8 Å². The van der Waals surface area contributed by atoms with Crippen molar-refractivity contribution >= 4 is 34.5 Å². The molecule has 3 nitrogen and oxygen atoms in total. The van der Waals surface area contributed by atoms with Crippen molar-refractivity contribution in [2.45, 2.75) is 6.42 Å². The first kappa shape index (κ1) is 15.6. The van der Waals surface area contributed by atoms with Crippen LogP contribution in [0.3, 0.4) is 0 Å². The number of amides is 1. The molecule has 0 bridgehead atoms. The van der Waals surface area contributed by atoms with Crippen molar-refractivity contribution in [3.8, 4) is 10.6 Å². The number of carbonyl (C=O) groups is 1. The van der Waals surface area contributed by atoms with Gasteiger partial charge in [-0.15, -0.1) is 11.3 Å². The van der Waals surface area contributed by atoms with E-state index < -0.39 is 0 Å². The van der Waals surface area contributed by atoms with Gasteiger partial charge in [-0.2, -0.15) is 0 Å². The number of hydrogen-bond donors (Lipinski definition) is 1. The summed E-state index contributed by atoms with van der Waals surface area (Å²) in [6.45, 7) is 0. The highest BCUT2D eigenvalue weighted by Crippen LogP contribution is 2.24. The van der Waals surface area contributed by atoms with Crippen LogP contribution in [0.1, 0.15) is 5.69 Å². The average Bonchev–Trinajstić information content (AvgIpc) is 2.95. The Morgan fingerprint density at radius 2 is 2.04 bits per heavy atom. The number of carbonyl (C=O) groups excluding carboxylic acids is 1. The molecular formula is C17H12ClFN2OS. The molecule has 1 N–H and O–H groups in total. The molecule has 2 aromatic carbocycles. The second kappa shape index (κ2) is 6.89. The summed E-state index contributed by atoms with van der Waals surface area (Å²) in [4.78, 5) is 16.4. The molecule has 0 aliphatic rings. The van der Waals surface area contributed by atoms with Gasteiger partial charge in [0.05, 0.1) is 12.1 Å². The average molecular weight is 347 g/mol. The molecule has 3 rings (SSSR count). The van der Waals surface area contributed by atoms with Gasteiger partial charge in [0.25, 0.3) is 0 Å². The van der Waals surface area contributed by atoms with E-state index in [4.69, 9.17) is 11.6 Å². The zero-order valence-corrected chi connectivity index (χ0v) is 13.5. The lowest BCUT2D eigenvalue weighted by Crippen LogP contribution is -2.14. The number of rotatable bonds is 4. The summed E-state index contributed by atoms with van der Waals surface area (Å²) >= 11 is 7.26. The van der Waals surface area contributed by atoms with E-state index >= 15 is 0 Å². The van der Waals surface area contributed by atoms with E-state index in [0.717, 1.165) is 0 Å². The standard InChI is InChI=1S/C17H12ClFN2OS/c18-12-4-2-6-14(8-12)20-16(22)9-15-10-23-17(21-15)11-3-1-5-13(19)7-11/h1-8,10H,9H2,(H,20,22). The van der Waals surface area contributed by atoms with Crippen LogP contribution in [0.2, 0.25) is 5.02 Å². The number of nitrogens with zero attached hydrogens (tertiary/aromatic N) is 1. The first-order chi connectivity index (χ1) is 11.1.